The normalized spacial score (nSPS) is 18.8. The molecule has 0 spiro atoms. The van der Waals surface area contributed by atoms with Crippen LogP contribution in [0.2, 0.25) is 0 Å². The molecule has 0 aromatic heterocycles. The molecule has 1 atom stereocenters. The molecule has 0 aliphatic carbocycles. The first-order valence-electron chi connectivity index (χ1n) is 4.62. The molecule has 0 radical (unpaired) electrons. The number of para-hydroxylation sites is 2. The fourth-order valence-electron chi connectivity index (χ4n) is 1.55. The van der Waals surface area contributed by atoms with Gasteiger partial charge in [-0.3, -0.25) is 4.79 Å². The molecule has 1 unspecified atom stereocenters. The molecule has 1 amide bonds. The molecule has 0 saturated carbocycles. The van der Waals surface area contributed by atoms with E-state index in [0.29, 0.717) is 6.54 Å². The SMILES string of the molecule is CNC(=O)C1CNc2ccccc2N1. The predicted molar refractivity (Wildman–Crippen MR) is 56.4 cm³/mol. The molecule has 0 bridgehead atoms. The number of benzene rings is 1. The zero-order valence-electron chi connectivity index (χ0n) is 8.00. The average Bonchev–Trinajstić information content (AvgIpc) is 2.27. The van der Waals surface area contributed by atoms with Crippen molar-refractivity contribution in [3.63, 3.8) is 0 Å². The number of rotatable bonds is 1. The van der Waals surface area contributed by atoms with E-state index in [9.17, 15) is 4.79 Å². The summed E-state index contributed by atoms with van der Waals surface area (Å²) in [6.45, 7) is 0.622. The average molecular weight is 191 g/mol. The first kappa shape index (κ1) is 8.87. The Morgan fingerprint density at radius 1 is 1.43 bits per heavy atom. The van der Waals surface area contributed by atoms with Gasteiger partial charge in [0.15, 0.2) is 0 Å². The molecular formula is C10H13N3O. The maximum Gasteiger partial charge on any atom is 0.244 e. The van der Waals surface area contributed by atoms with E-state index in [1.165, 1.54) is 0 Å². The van der Waals surface area contributed by atoms with Gasteiger partial charge in [-0.25, -0.2) is 0 Å². The first-order chi connectivity index (χ1) is 6.81. The minimum Gasteiger partial charge on any atom is -0.381 e. The van der Waals surface area contributed by atoms with Crippen molar-refractivity contribution in [3.05, 3.63) is 24.3 Å². The summed E-state index contributed by atoms with van der Waals surface area (Å²) >= 11 is 0. The summed E-state index contributed by atoms with van der Waals surface area (Å²) in [6.07, 6.45) is 0. The molecule has 1 aliphatic heterocycles. The van der Waals surface area contributed by atoms with Crippen LogP contribution in [0.5, 0.6) is 0 Å². The molecule has 1 aromatic rings. The molecule has 0 saturated heterocycles. The van der Waals surface area contributed by atoms with E-state index < -0.39 is 0 Å². The molecule has 14 heavy (non-hydrogen) atoms. The topological polar surface area (TPSA) is 53.2 Å². The van der Waals surface area contributed by atoms with Crippen molar-refractivity contribution < 1.29 is 4.79 Å². The summed E-state index contributed by atoms with van der Waals surface area (Å²) in [6, 6.07) is 7.67. The summed E-state index contributed by atoms with van der Waals surface area (Å²) < 4.78 is 0. The van der Waals surface area contributed by atoms with E-state index in [2.05, 4.69) is 16.0 Å². The lowest BCUT2D eigenvalue weighted by Crippen LogP contribution is -2.44. The summed E-state index contributed by atoms with van der Waals surface area (Å²) in [4.78, 5) is 11.4. The number of amides is 1. The molecule has 1 aromatic carbocycles. The van der Waals surface area contributed by atoms with E-state index in [0.717, 1.165) is 11.4 Å². The van der Waals surface area contributed by atoms with Crippen LogP contribution in [0, 0.1) is 0 Å². The second kappa shape index (κ2) is 3.57. The lowest BCUT2D eigenvalue weighted by atomic mass is 10.1. The van der Waals surface area contributed by atoms with Crippen molar-refractivity contribution in [1.29, 1.82) is 0 Å². The third-order valence-corrected chi connectivity index (χ3v) is 2.32. The molecule has 1 aliphatic rings. The van der Waals surface area contributed by atoms with E-state index in [-0.39, 0.29) is 11.9 Å². The maximum atomic E-state index is 11.4. The third-order valence-electron chi connectivity index (χ3n) is 2.32. The van der Waals surface area contributed by atoms with E-state index in [1.54, 1.807) is 7.05 Å². The van der Waals surface area contributed by atoms with Crippen molar-refractivity contribution >= 4 is 17.3 Å². The summed E-state index contributed by atoms with van der Waals surface area (Å²) in [5, 5.41) is 9.00. The standard InChI is InChI=1S/C10H13N3O/c1-11-10(14)9-6-12-7-4-2-3-5-8(7)13-9/h2-5,9,12-13H,6H2,1H3,(H,11,14). The Kier molecular flexibility index (Phi) is 2.26. The molecule has 4 nitrogen and oxygen atoms in total. The Morgan fingerprint density at radius 2 is 2.14 bits per heavy atom. The Labute approximate surface area is 82.7 Å². The number of carbonyl (C=O) groups excluding carboxylic acids is 1. The van der Waals surface area contributed by atoms with Gasteiger partial charge in [0.25, 0.3) is 0 Å². The van der Waals surface area contributed by atoms with Crippen LogP contribution >= 0.6 is 0 Å². The van der Waals surface area contributed by atoms with Gasteiger partial charge in [0.2, 0.25) is 5.91 Å². The Balaban J connectivity index is 2.17. The summed E-state index contributed by atoms with van der Waals surface area (Å²) in [7, 11) is 1.64. The van der Waals surface area contributed by atoms with Gasteiger partial charge >= 0.3 is 0 Å². The van der Waals surface area contributed by atoms with Crippen molar-refractivity contribution in [2.75, 3.05) is 24.2 Å². The minimum atomic E-state index is -0.185. The Morgan fingerprint density at radius 3 is 2.86 bits per heavy atom. The lowest BCUT2D eigenvalue weighted by Gasteiger charge is -2.26. The van der Waals surface area contributed by atoms with Gasteiger partial charge in [-0.05, 0) is 12.1 Å². The molecule has 0 fully saturated rings. The second-order valence-electron chi connectivity index (χ2n) is 3.24. The Bertz CT molecular complexity index is 351. The fourth-order valence-corrected chi connectivity index (χ4v) is 1.55. The highest BCUT2D eigenvalue weighted by atomic mass is 16.2. The largest absolute Gasteiger partial charge is 0.381 e. The molecule has 2 rings (SSSR count). The number of fused-ring (bicyclic) bond motifs is 1. The molecular weight excluding hydrogens is 178 g/mol. The van der Waals surface area contributed by atoms with Crippen LogP contribution < -0.4 is 16.0 Å². The van der Waals surface area contributed by atoms with Crippen molar-refractivity contribution in [1.82, 2.24) is 5.32 Å². The zero-order chi connectivity index (χ0) is 9.97. The fraction of sp³-hybridized carbons (Fsp3) is 0.300. The highest BCUT2D eigenvalue weighted by molar-refractivity contribution is 5.88. The number of hydrogen-bond donors (Lipinski definition) is 3. The van der Waals surface area contributed by atoms with Gasteiger partial charge in [-0.15, -0.1) is 0 Å². The van der Waals surface area contributed by atoms with Gasteiger partial charge in [-0.2, -0.15) is 0 Å². The summed E-state index contributed by atoms with van der Waals surface area (Å²) in [5.74, 6) is 0.00648. The maximum absolute atomic E-state index is 11.4. The van der Waals surface area contributed by atoms with Crippen LogP contribution in [0.1, 0.15) is 0 Å². The van der Waals surface area contributed by atoms with Gasteiger partial charge in [0.1, 0.15) is 6.04 Å². The summed E-state index contributed by atoms with van der Waals surface area (Å²) in [5.41, 5.74) is 2.03. The van der Waals surface area contributed by atoms with E-state index >= 15 is 0 Å². The van der Waals surface area contributed by atoms with Gasteiger partial charge < -0.3 is 16.0 Å². The van der Waals surface area contributed by atoms with Crippen molar-refractivity contribution in [2.24, 2.45) is 0 Å². The van der Waals surface area contributed by atoms with Crippen LogP contribution in [-0.2, 0) is 4.79 Å². The zero-order valence-corrected chi connectivity index (χ0v) is 8.00. The predicted octanol–water partition coefficient (Wildman–Crippen LogP) is 0.639. The molecule has 3 N–H and O–H groups in total. The minimum absolute atomic E-state index is 0.00648. The third kappa shape index (κ3) is 1.51. The van der Waals surface area contributed by atoms with Gasteiger partial charge in [0.05, 0.1) is 11.4 Å². The Hall–Kier alpha value is -1.71. The smallest absolute Gasteiger partial charge is 0.244 e. The van der Waals surface area contributed by atoms with Gasteiger partial charge in [-0.1, -0.05) is 12.1 Å². The first-order valence-corrected chi connectivity index (χ1v) is 4.62. The number of carbonyl (C=O) groups is 1. The van der Waals surface area contributed by atoms with Crippen molar-refractivity contribution in [3.8, 4) is 0 Å². The van der Waals surface area contributed by atoms with Crippen LogP contribution in [0.4, 0.5) is 11.4 Å². The second-order valence-corrected chi connectivity index (χ2v) is 3.24. The quantitative estimate of drug-likeness (QED) is 0.610. The van der Waals surface area contributed by atoms with E-state index in [1.807, 2.05) is 24.3 Å². The lowest BCUT2D eigenvalue weighted by molar-refractivity contribution is -0.121. The number of likely N-dealkylation sites (N-methyl/N-ethyl adjacent to an activating group) is 1. The van der Waals surface area contributed by atoms with Crippen LogP contribution in [0.15, 0.2) is 24.3 Å². The molecule has 74 valence electrons. The van der Waals surface area contributed by atoms with Gasteiger partial charge in [0, 0.05) is 13.6 Å². The highest BCUT2D eigenvalue weighted by Gasteiger charge is 2.21. The number of hydrogen-bond acceptors (Lipinski definition) is 3. The van der Waals surface area contributed by atoms with E-state index in [4.69, 9.17) is 0 Å². The monoisotopic (exact) mass is 191 g/mol. The van der Waals surface area contributed by atoms with Crippen molar-refractivity contribution in [2.45, 2.75) is 6.04 Å². The highest BCUT2D eigenvalue weighted by Crippen LogP contribution is 2.24. The molecule has 1 heterocycles. The molecule has 4 heteroatoms. The van der Waals surface area contributed by atoms with Crippen LogP contribution in [0.3, 0.4) is 0 Å². The number of anilines is 2. The number of nitrogens with one attached hydrogen (secondary N) is 3. The van der Waals surface area contributed by atoms with Crippen LogP contribution in [0.25, 0.3) is 0 Å². The van der Waals surface area contributed by atoms with Crippen LogP contribution in [-0.4, -0.2) is 25.5 Å².